The van der Waals surface area contributed by atoms with Crippen LogP contribution in [0.2, 0.25) is 0 Å². The third kappa shape index (κ3) is 3.17. The maximum atomic E-state index is 13.4. The molecule has 0 aliphatic heterocycles. The molecule has 0 unspecified atom stereocenters. The summed E-state index contributed by atoms with van der Waals surface area (Å²) < 4.78 is 18.4. The first-order valence-electron chi connectivity index (χ1n) is 5.86. The van der Waals surface area contributed by atoms with Gasteiger partial charge in [-0.2, -0.15) is 0 Å². The average Bonchev–Trinajstić information content (AvgIpc) is 2.41. The maximum Gasteiger partial charge on any atom is 0.323 e. The van der Waals surface area contributed by atoms with Crippen LogP contribution in [-0.4, -0.2) is 13.1 Å². The average molecular weight is 275 g/mol. The Hall–Kier alpha value is -2.76. The first-order valence-corrected chi connectivity index (χ1v) is 5.86. The van der Waals surface area contributed by atoms with Crippen molar-refractivity contribution in [1.82, 2.24) is 0 Å². The number of hydrogen-bond acceptors (Lipinski definition) is 3. The van der Waals surface area contributed by atoms with Crippen LogP contribution in [-0.2, 0) is 0 Å². The first kappa shape index (κ1) is 13.7. The lowest BCUT2D eigenvalue weighted by Crippen LogP contribution is -2.20. The van der Waals surface area contributed by atoms with Gasteiger partial charge in [-0.3, -0.25) is 0 Å². The van der Waals surface area contributed by atoms with E-state index in [1.165, 1.54) is 19.2 Å². The molecular formula is C14H14FN3O2. The van der Waals surface area contributed by atoms with E-state index >= 15 is 0 Å². The summed E-state index contributed by atoms with van der Waals surface area (Å²) >= 11 is 0. The minimum atomic E-state index is -0.556. The Balaban J connectivity index is 2.05. The first-order chi connectivity index (χ1) is 9.60. The molecule has 4 N–H and O–H groups in total. The van der Waals surface area contributed by atoms with Crippen molar-refractivity contribution in [2.75, 3.05) is 23.5 Å². The molecule has 0 heterocycles. The largest absolute Gasteiger partial charge is 0.495 e. The number of nitrogens with one attached hydrogen (secondary N) is 2. The number of hydrogen-bond donors (Lipinski definition) is 3. The lowest BCUT2D eigenvalue weighted by atomic mass is 10.2. The molecular weight excluding hydrogens is 261 g/mol. The van der Waals surface area contributed by atoms with Gasteiger partial charge in [0.25, 0.3) is 0 Å². The number of carbonyl (C=O) groups is 1. The van der Waals surface area contributed by atoms with E-state index in [0.29, 0.717) is 17.1 Å². The topological polar surface area (TPSA) is 76.4 Å². The zero-order valence-corrected chi connectivity index (χ0v) is 10.8. The fourth-order valence-corrected chi connectivity index (χ4v) is 1.66. The van der Waals surface area contributed by atoms with Crippen LogP contribution in [0.1, 0.15) is 0 Å². The van der Waals surface area contributed by atoms with E-state index in [-0.39, 0.29) is 5.69 Å². The number of methoxy groups -OCH3 is 1. The Labute approximate surface area is 115 Å². The third-order valence-corrected chi connectivity index (χ3v) is 2.61. The van der Waals surface area contributed by atoms with Crippen molar-refractivity contribution in [3.8, 4) is 5.75 Å². The highest BCUT2D eigenvalue weighted by atomic mass is 19.1. The van der Waals surface area contributed by atoms with Crippen molar-refractivity contribution in [2.45, 2.75) is 0 Å². The van der Waals surface area contributed by atoms with Gasteiger partial charge in [-0.05, 0) is 30.3 Å². The smallest absolute Gasteiger partial charge is 0.323 e. The number of para-hydroxylation sites is 1. The molecule has 0 aliphatic carbocycles. The van der Waals surface area contributed by atoms with Gasteiger partial charge in [0.05, 0.1) is 18.5 Å². The number of nitrogen functional groups attached to an aromatic ring is 1. The quantitative estimate of drug-likeness (QED) is 0.753. The molecule has 0 atom stereocenters. The molecule has 5 nitrogen and oxygen atoms in total. The predicted octanol–water partition coefficient (Wildman–Crippen LogP) is 3.06. The van der Waals surface area contributed by atoms with Crippen molar-refractivity contribution in [2.24, 2.45) is 0 Å². The zero-order valence-electron chi connectivity index (χ0n) is 10.8. The predicted molar refractivity (Wildman–Crippen MR) is 76.4 cm³/mol. The number of nitrogens with two attached hydrogens (primary N) is 1. The molecule has 2 aromatic rings. The summed E-state index contributed by atoms with van der Waals surface area (Å²) in [6.07, 6.45) is 0. The van der Waals surface area contributed by atoms with Gasteiger partial charge >= 0.3 is 6.03 Å². The van der Waals surface area contributed by atoms with Gasteiger partial charge in [0.1, 0.15) is 11.6 Å². The van der Waals surface area contributed by atoms with Crippen LogP contribution in [0.5, 0.6) is 5.75 Å². The molecule has 0 spiro atoms. The summed E-state index contributed by atoms with van der Waals surface area (Å²) in [6.45, 7) is 0. The third-order valence-electron chi connectivity index (χ3n) is 2.61. The van der Waals surface area contributed by atoms with Gasteiger partial charge in [-0.15, -0.1) is 0 Å². The number of amides is 2. The number of urea groups is 1. The second-order valence-electron chi connectivity index (χ2n) is 4.02. The summed E-state index contributed by atoms with van der Waals surface area (Å²) in [7, 11) is 1.50. The molecule has 0 saturated heterocycles. The molecule has 2 amide bonds. The molecule has 2 aromatic carbocycles. The molecule has 0 aliphatic rings. The van der Waals surface area contributed by atoms with Crippen LogP contribution in [0.15, 0.2) is 42.5 Å². The summed E-state index contributed by atoms with van der Waals surface area (Å²) in [6, 6.07) is 10.2. The molecule has 20 heavy (non-hydrogen) atoms. The second-order valence-corrected chi connectivity index (χ2v) is 4.02. The van der Waals surface area contributed by atoms with Crippen molar-refractivity contribution >= 4 is 23.1 Å². The number of halogens is 1. The number of anilines is 3. The zero-order chi connectivity index (χ0) is 14.5. The highest BCUT2D eigenvalue weighted by Gasteiger charge is 2.07. The highest BCUT2D eigenvalue weighted by Crippen LogP contribution is 2.24. The van der Waals surface area contributed by atoms with E-state index in [2.05, 4.69) is 10.6 Å². The molecule has 0 fully saturated rings. The Bertz CT molecular complexity index is 632. The van der Waals surface area contributed by atoms with Crippen LogP contribution in [0.4, 0.5) is 26.2 Å². The van der Waals surface area contributed by atoms with E-state index in [0.717, 1.165) is 0 Å². The van der Waals surface area contributed by atoms with Crippen LogP contribution in [0, 0.1) is 5.82 Å². The Morgan fingerprint density at radius 2 is 1.95 bits per heavy atom. The Morgan fingerprint density at radius 1 is 1.20 bits per heavy atom. The second kappa shape index (κ2) is 5.92. The van der Waals surface area contributed by atoms with Gasteiger partial charge in [0.2, 0.25) is 0 Å². The number of ether oxygens (including phenoxy) is 1. The maximum absolute atomic E-state index is 13.4. The summed E-state index contributed by atoms with van der Waals surface area (Å²) in [5.41, 5.74) is 6.71. The molecule has 0 bridgehead atoms. The lowest BCUT2D eigenvalue weighted by molar-refractivity contribution is 0.262. The Kier molecular flexibility index (Phi) is 4.05. The molecule has 6 heteroatoms. The van der Waals surface area contributed by atoms with Gasteiger partial charge in [0.15, 0.2) is 0 Å². The summed E-state index contributed by atoms with van der Waals surface area (Å²) in [5, 5.41) is 4.97. The number of rotatable bonds is 3. The van der Waals surface area contributed by atoms with E-state index in [1.54, 1.807) is 30.3 Å². The van der Waals surface area contributed by atoms with Crippen LogP contribution >= 0.6 is 0 Å². The van der Waals surface area contributed by atoms with Gasteiger partial charge in [0, 0.05) is 5.69 Å². The Morgan fingerprint density at radius 3 is 2.60 bits per heavy atom. The normalized spacial score (nSPS) is 9.90. The highest BCUT2D eigenvalue weighted by molar-refractivity contribution is 6.00. The fraction of sp³-hybridized carbons (Fsp3) is 0.0714. The molecule has 0 radical (unpaired) electrons. The molecule has 104 valence electrons. The number of benzene rings is 2. The summed E-state index contributed by atoms with van der Waals surface area (Å²) in [4.78, 5) is 11.7. The lowest BCUT2D eigenvalue weighted by Gasteiger charge is -2.10. The fourth-order valence-electron chi connectivity index (χ4n) is 1.66. The van der Waals surface area contributed by atoms with Gasteiger partial charge in [-0.25, -0.2) is 9.18 Å². The number of carbonyl (C=O) groups excluding carboxylic acids is 1. The molecule has 0 saturated carbocycles. The van der Waals surface area contributed by atoms with Crippen LogP contribution < -0.4 is 21.1 Å². The van der Waals surface area contributed by atoms with Gasteiger partial charge in [-0.1, -0.05) is 12.1 Å². The van der Waals surface area contributed by atoms with Crippen molar-refractivity contribution < 1.29 is 13.9 Å². The summed E-state index contributed by atoms with van der Waals surface area (Å²) in [5.74, 6) is 0.0157. The van der Waals surface area contributed by atoms with Crippen LogP contribution in [0.25, 0.3) is 0 Å². The van der Waals surface area contributed by atoms with Crippen molar-refractivity contribution in [3.05, 3.63) is 48.3 Å². The van der Waals surface area contributed by atoms with Crippen molar-refractivity contribution in [3.63, 3.8) is 0 Å². The van der Waals surface area contributed by atoms with E-state index in [9.17, 15) is 9.18 Å². The van der Waals surface area contributed by atoms with E-state index in [1.807, 2.05) is 0 Å². The standard InChI is InChI=1S/C14H14FN3O2/c1-20-13-7-6-9(8-11(13)16)17-14(19)18-12-5-3-2-4-10(12)15/h2-8H,16H2,1H3,(H2,17,18,19). The molecule has 2 rings (SSSR count). The van der Waals surface area contributed by atoms with E-state index in [4.69, 9.17) is 10.5 Å². The van der Waals surface area contributed by atoms with E-state index < -0.39 is 11.8 Å². The monoisotopic (exact) mass is 275 g/mol. The molecule has 0 aromatic heterocycles. The SMILES string of the molecule is COc1ccc(NC(=O)Nc2ccccc2F)cc1N. The minimum Gasteiger partial charge on any atom is -0.495 e. The van der Waals surface area contributed by atoms with Gasteiger partial charge < -0.3 is 21.1 Å². The van der Waals surface area contributed by atoms with Crippen molar-refractivity contribution in [1.29, 1.82) is 0 Å². The minimum absolute atomic E-state index is 0.103. The van der Waals surface area contributed by atoms with Crippen LogP contribution in [0.3, 0.4) is 0 Å².